The van der Waals surface area contributed by atoms with Gasteiger partial charge in [0.1, 0.15) is 0 Å². The maximum absolute atomic E-state index is 10.1. The molecule has 10 nitrogen and oxygen atoms in total. The average Bonchev–Trinajstić information content (AvgIpc) is 1.43. The zero-order valence-electron chi connectivity index (χ0n) is 6.80. The molecular weight excluding hydrogens is 387 g/mol. The Kier molecular flexibility index (Phi) is 9.37. The molecule has 0 aliphatic carbocycles. The molecule has 0 saturated carbocycles. The first-order chi connectivity index (χ1) is 5.41. The Morgan fingerprint density at radius 3 is 1.00 bits per heavy atom. The molecule has 0 unspecified atom stereocenters. The summed E-state index contributed by atoms with van der Waals surface area (Å²) in [6.45, 7) is 0. The van der Waals surface area contributed by atoms with Crippen molar-refractivity contribution in [1.29, 1.82) is 0 Å². The molecule has 0 aromatic rings. The SMILES string of the molecule is O=S(=O)(O)OS(=O)(=O)OS(=O)(=O)O.[Zn].[Zn]. The van der Waals surface area contributed by atoms with Gasteiger partial charge in [0.2, 0.25) is 0 Å². The summed E-state index contributed by atoms with van der Waals surface area (Å²) in [6, 6.07) is 0. The Bertz CT molecular complexity index is 423. The summed E-state index contributed by atoms with van der Waals surface area (Å²) in [5, 5.41) is 0. The summed E-state index contributed by atoms with van der Waals surface area (Å²) in [6.07, 6.45) is 0. The molecule has 0 rings (SSSR count). The molecule has 84 valence electrons. The Balaban J connectivity index is -0.000000720. The van der Waals surface area contributed by atoms with Gasteiger partial charge in [-0.2, -0.15) is 25.3 Å². The average molecular weight is 389 g/mol. The second kappa shape index (κ2) is 6.62. The van der Waals surface area contributed by atoms with Crippen molar-refractivity contribution < 1.29 is 80.6 Å². The van der Waals surface area contributed by atoms with Gasteiger partial charge in [-0.1, -0.05) is 7.26 Å². The minimum absolute atomic E-state index is 0. The second-order valence-electron chi connectivity index (χ2n) is 1.40. The molecule has 0 saturated heterocycles. The molecule has 15 heavy (non-hydrogen) atoms. The Labute approximate surface area is 111 Å². The topological polar surface area (TPSA) is 161 Å². The van der Waals surface area contributed by atoms with Crippen LogP contribution in [0.5, 0.6) is 0 Å². The van der Waals surface area contributed by atoms with Gasteiger partial charge in [0.25, 0.3) is 0 Å². The molecule has 0 aliphatic heterocycles. The molecule has 0 spiro atoms. The van der Waals surface area contributed by atoms with E-state index in [1.807, 2.05) is 0 Å². The second-order valence-corrected chi connectivity index (χ2v) is 5.02. The van der Waals surface area contributed by atoms with E-state index in [1.54, 1.807) is 0 Å². The third-order valence-electron chi connectivity index (χ3n) is 0.339. The molecule has 0 amide bonds. The smallest absolute Gasteiger partial charge is 0.263 e. The summed E-state index contributed by atoms with van der Waals surface area (Å²) >= 11 is 0. The van der Waals surface area contributed by atoms with Crippen LogP contribution in [0.1, 0.15) is 0 Å². The first-order valence-corrected chi connectivity index (χ1v) is 6.10. The monoisotopic (exact) mass is 386 g/mol. The maximum atomic E-state index is 10.1. The van der Waals surface area contributed by atoms with E-state index in [-0.39, 0.29) is 39.0 Å². The number of hydrogen-bond donors (Lipinski definition) is 2. The molecule has 0 fully saturated rings. The fourth-order valence-corrected chi connectivity index (χ4v) is 2.20. The van der Waals surface area contributed by atoms with Crippen LogP contribution in [0.3, 0.4) is 0 Å². The molecule has 0 aliphatic rings. The van der Waals surface area contributed by atoms with Gasteiger partial charge in [0.15, 0.2) is 0 Å². The largest absolute Gasteiger partial charge is 0.432 e. The Hall–Kier alpha value is 0.937. The quantitative estimate of drug-likeness (QED) is 0.401. The fourth-order valence-electron chi connectivity index (χ4n) is 0.222. The van der Waals surface area contributed by atoms with Crippen LogP contribution >= 0.6 is 0 Å². The Morgan fingerprint density at radius 2 is 0.867 bits per heavy atom. The van der Waals surface area contributed by atoms with Gasteiger partial charge in [-0.15, -0.1) is 0 Å². The van der Waals surface area contributed by atoms with Gasteiger partial charge in [0.05, 0.1) is 0 Å². The first kappa shape index (κ1) is 21.2. The van der Waals surface area contributed by atoms with Gasteiger partial charge in [0, 0.05) is 39.0 Å². The molecular formula is H2O10S3Zn2. The van der Waals surface area contributed by atoms with Gasteiger partial charge in [-0.25, -0.2) is 0 Å². The molecule has 0 bridgehead atoms. The van der Waals surface area contributed by atoms with Gasteiger partial charge in [-0.05, 0) is 0 Å². The third kappa shape index (κ3) is 14.9. The minimum Gasteiger partial charge on any atom is -0.263 e. The maximum Gasteiger partial charge on any atom is 0.432 e. The molecule has 0 radical (unpaired) electrons. The minimum atomic E-state index is -5.57. The van der Waals surface area contributed by atoms with E-state index in [0.29, 0.717) is 0 Å². The van der Waals surface area contributed by atoms with E-state index in [4.69, 9.17) is 9.11 Å². The zero-order valence-corrected chi connectivity index (χ0v) is 15.2. The summed E-state index contributed by atoms with van der Waals surface area (Å²) in [5.74, 6) is 0. The zero-order chi connectivity index (χ0) is 10.9. The van der Waals surface area contributed by atoms with E-state index >= 15 is 0 Å². The summed E-state index contributed by atoms with van der Waals surface area (Å²) < 4.78 is 80.2. The fraction of sp³-hybridized carbons (Fsp3) is 0. The standard InChI is InChI=1S/H2O10S3.2Zn/c1-11(2,3)9-13(7,8)10-12(4,5)6;;/h(H,1,2,3)(H,4,5,6);;. The van der Waals surface area contributed by atoms with E-state index in [2.05, 4.69) is 7.26 Å². The van der Waals surface area contributed by atoms with Crippen LogP contribution in [0.2, 0.25) is 0 Å². The van der Waals surface area contributed by atoms with Crippen molar-refractivity contribution in [3.05, 3.63) is 0 Å². The van der Waals surface area contributed by atoms with Crippen molar-refractivity contribution in [2.75, 3.05) is 0 Å². The van der Waals surface area contributed by atoms with Crippen molar-refractivity contribution in [1.82, 2.24) is 0 Å². The van der Waals surface area contributed by atoms with Crippen LogP contribution in [0.25, 0.3) is 0 Å². The van der Waals surface area contributed by atoms with Crippen LogP contribution in [0.4, 0.5) is 0 Å². The normalized spacial score (nSPS) is 12.4. The van der Waals surface area contributed by atoms with Crippen molar-refractivity contribution in [3.8, 4) is 0 Å². The van der Waals surface area contributed by atoms with Crippen molar-refractivity contribution in [3.63, 3.8) is 0 Å². The first-order valence-electron chi connectivity index (χ1n) is 2.03. The van der Waals surface area contributed by atoms with Crippen LogP contribution < -0.4 is 0 Å². The van der Waals surface area contributed by atoms with E-state index in [0.717, 1.165) is 0 Å². The summed E-state index contributed by atoms with van der Waals surface area (Å²) in [4.78, 5) is 0. The van der Waals surface area contributed by atoms with Gasteiger partial charge < -0.3 is 0 Å². The molecule has 0 aromatic carbocycles. The van der Waals surface area contributed by atoms with Crippen molar-refractivity contribution in [2.45, 2.75) is 0 Å². The van der Waals surface area contributed by atoms with Crippen LogP contribution in [0.15, 0.2) is 0 Å². The molecule has 0 atom stereocenters. The van der Waals surface area contributed by atoms with Crippen LogP contribution in [-0.4, -0.2) is 34.4 Å². The molecule has 0 aromatic heterocycles. The third-order valence-corrected chi connectivity index (χ3v) is 3.05. The summed E-state index contributed by atoms with van der Waals surface area (Å²) in [5.41, 5.74) is 0. The Morgan fingerprint density at radius 1 is 0.667 bits per heavy atom. The molecule has 0 heterocycles. The van der Waals surface area contributed by atoms with E-state index in [1.165, 1.54) is 0 Å². The van der Waals surface area contributed by atoms with Crippen molar-refractivity contribution >= 4 is 31.2 Å². The molecule has 2 N–H and O–H groups in total. The predicted octanol–water partition coefficient (Wildman–Crippen LogP) is -2.13. The van der Waals surface area contributed by atoms with E-state index in [9.17, 15) is 25.3 Å². The van der Waals surface area contributed by atoms with Crippen molar-refractivity contribution in [2.24, 2.45) is 0 Å². The van der Waals surface area contributed by atoms with E-state index < -0.39 is 31.2 Å². The van der Waals surface area contributed by atoms with Gasteiger partial charge in [-0.3, -0.25) is 9.11 Å². The summed E-state index contributed by atoms with van der Waals surface area (Å²) in [7, 11) is -16.5. The number of rotatable bonds is 4. The molecule has 15 heteroatoms. The van der Waals surface area contributed by atoms with Crippen LogP contribution in [-0.2, 0) is 77.4 Å². The number of hydrogen-bond acceptors (Lipinski definition) is 8. The van der Waals surface area contributed by atoms with Gasteiger partial charge >= 0.3 is 31.2 Å². The van der Waals surface area contributed by atoms with Crippen LogP contribution in [0, 0.1) is 0 Å². The predicted molar refractivity (Wildman–Crippen MR) is 34.2 cm³/mol.